The van der Waals surface area contributed by atoms with E-state index in [1.807, 2.05) is 21.1 Å². The maximum Gasteiger partial charge on any atom is 0.268 e. The third kappa shape index (κ3) is 45.3. The van der Waals surface area contributed by atoms with E-state index < -0.39 is 20.0 Å². The summed E-state index contributed by atoms with van der Waals surface area (Å²) in [5, 5.41) is 13.9. The molecular weight excluding hydrogens is 756 g/mol. The van der Waals surface area contributed by atoms with E-state index in [0.717, 1.165) is 38.5 Å². The van der Waals surface area contributed by atoms with E-state index in [1.165, 1.54) is 199 Å². The highest BCUT2D eigenvalue weighted by atomic mass is 31.2. The molecule has 3 unspecified atom stereocenters. The van der Waals surface area contributed by atoms with Crippen molar-refractivity contribution in [3.63, 3.8) is 0 Å². The van der Waals surface area contributed by atoms with Gasteiger partial charge < -0.3 is 28.8 Å². The molecule has 8 nitrogen and oxygen atoms in total. The first kappa shape index (κ1) is 58.5. The van der Waals surface area contributed by atoms with E-state index in [2.05, 4.69) is 19.2 Å². The number of amides is 1. The number of rotatable bonds is 48. The van der Waals surface area contributed by atoms with Gasteiger partial charge in [-0.1, -0.05) is 245 Å². The number of hydrogen-bond acceptors (Lipinski definition) is 6. The van der Waals surface area contributed by atoms with Crippen molar-refractivity contribution in [2.45, 2.75) is 276 Å². The third-order valence-corrected chi connectivity index (χ3v) is 13.1. The molecule has 0 spiro atoms. The van der Waals surface area contributed by atoms with Crippen LogP contribution in [0.3, 0.4) is 0 Å². The van der Waals surface area contributed by atoms with E-state index in [-0.39, 0.29) is 19.1 Å². The Morgan fingerprint density at radius 2 is 0.831 bits per heavy atom. The van der Waals surface area contributed by atoms with Gasteiger partial charge in [0.15, 0.2) is 0 Å². The maximum absolute atomic E-state index is 12.9. The van der Waals surface area contributed by atoms with Crippen LogP contribution < -0.4 is 10.2 Å². The Morgan fingerprint density at radius 3 is 1.15 bits per heavy atom. The van der Waals surface area contributed by atoms with E-state index in [1.54, 1.807) is 0 Å². The minimum absolute atomic E-state index is 0.0160. The number of aliphatic hydroxyl groups is 1. The van der Waals surface area contributed by atoms with E-state index in [0.29, 0.717) is 23.9 Å². The smallest absolute Gasteiger partial charge is 0.268 e. The fourth-order valence-corrected chi connectivity index (χ4v) is 8.71. The second-order valence-electron chi connectivity index (χ2n) is 19.2. The second kappa shape index (κ2) is 42.8. The number of quaternary nitrogens is 1. The Bertz CT molecular complexity index is 932. The molecule has 0 saturated heterocycles. The monoisotopic (exact) mass is 859 g/mol. The average Bonchev–Trinajstić information content (AvgIpc) is 3.19. The zero-order valence-electron chi connectivity index (χ0n) is 40.2. The molecule has 0 heterocycles. The summed E-state index contributed by atoms with van der Waals surface area (Å²) in [4.78, 5) is 25.3. The maximum atomic E-state index is 12.9. The molecule has 3 atom stereocenters. The molecule has 1 amide bonds. The lowest BCUT2D eigenvalue weighted by molar-refractivity contribution is -0.870. The number of nitrogens with one attached hydrogen (secondary N) is 1. The van der Waals surface area contributed by atoms with Crippen molar-refractivity contribution in [1.29, 1.82) is 0 Å². The lowest BCUT2D eigenvalue weighted by Crippen LogP contribution is -2.46. The third-order valence-electron chi connectivity index (χ3n) is 12.1. The molecule has 0 aliphatic heterocycles. The molecule has 0 bridgehead atoms. The fraction of sp³-hybridized carbons (Fsp3) is 0.980. The minimum Gasteiger partial charge on any atom is -0.756 e. The first-order valence-electron chi connectivity index (χ1n) is 25.9. The SMILES string of the molecule is CCCCCCCCCCCCCCCCCCCCCCCCCCCCCC(=O)NC(COP(=O)([O-])OCC[N+](C)(C)C)C(O)CCCCCCCCCCCC. The van der Waals surface area contributed by atoms with Crippen molar-refractivity contribution in [3.8, 4) is 0 Å². The highest BCUT2D eigenvalue weighted by Crippen LogP contribution is 2.38. The lowest BCUT2D eigenvalue weighted by atomic mass is 10.0. The van der Waals surface area contributed by atoms with Crippen LogP contribution in [0.25, 0.3) is 0 Å². The van der Waals surface area contributed by atoms with Gasteiger partial charge in [-0.15, -0.1) is 0 Å². The number of carbonyl (C=O) groups is 1. The summed E-state index contributed by atoms with van der Waals surface area (Å²) in [6, 6.07) is -0.792. The van der Waals surface area contributed by atoms with Crippen LogP contribution in [0.2, 0.25) is 0 Å². The molecule has 0 aromatic rings. The number of phosphoric acid groups is 1. The Hall–Kier alpha value is -0.500. The highest BCUT2D eigenvalue weighted by Gasteiger charge is 2.24. The topological polar surface area (TPSA) is 108 Å². The molecule has 0 aromatic carbocycles. The normalized spacial score (nSPS) is 14.1. The van der Waals surface area contributed by atoms with Crippen LogP contribution in [0.15, 0.2) is 0 Å². The summed E-state index contributed by atoms with van der Waals surface area (Å²) in [5.41, 5.74) is 0. The van der Waals surface area contributed by atoms with Gasteiger partial charge in [0, 0.05) is 6.42 Å². The molecule has 0 aromatic heterocycles. The Kier molecular flexibility index (Phi) is 42.4. The quantitative estimate of drug-likeness (QED) is 0.0358. The zero-order valence-corrected chi connectivity index (χ0v) is 41.1. The van der Waals surface area contributed by atoms with E-state index >= 15 is 0 Å². The summed E-state index contributed by atoms with van der Waals surface area (Å²) in [5.74, 6) is -0.160. The molecule has 59 heavy (non-hydrogen) atoms. The first-order chi connectivity index (χ1) is 28.5. The molecule has 0 aliphatic rings. The molecule has 0 fully saturated rings. The predicted molar refractivity (Wildman–Crippen MR) is 252 cm³/mol. The molecule has 0 radical (unpaired) electrons. The van der Waals surface area contributed by atoms with Gasteiger partial charge in [0.05, 0.1) is 39.9 Å². The Balaban J connectivity index is 4.00. The van der Waals surface area contributed by atoms with Crippen molar-refractivity contribution in [2.24, 2.45) is 0 Å². The predicted octanol–water partition coefficient (Wildman–Crippen LogP) is 14.3. The van der Waals surface area contributed by atoms with Gasteiger partial charge in [0.25, 0.3) is 7.82 Å². The summed E-state index contributed by atoms with van der Waals surface area (Å²) in [6.45, 7) is 4.74. The van der Waals surface area contributed by atoms with Crippen molar-refractivity contribution < 1.29 is 32.9 Å². The number of hydrogen-bond donors (Lipinski definition) is 2. The van der Waals surface area contributed by atoms with E-state index in [9.17, 15) is 19.4 Å². The zero-order chi connectivity index (χ0) is 43.6. The molecule has 0 aliphatic carbocycles. The van der Waals surface area contributed by atoms with Crippen molar-refractivity contribution >= 4 is 13.7 Å². The Labute approximate surface area is 368 Å². The largest absolute Gasteiger partial charge is 0.756 e. The van der Waals surface area contributed by atoms with Crippen LogP contribution in [-0.2, 0) is 18.4 Å². The number of likely N-dealkylation sites (N-methyl/N-ethyl adjacent to an activating group) is 1. The fourth-order valence-electron chi connectivity index (χ4n) is 7.98. The summed E-state index contributed by atoms with van der Waals surface area (Å²) < 4.78 is 23.3. The molecule has 9 heteroatoms. The van der Waals surface area contributed by atoms with Gasteiger partial charge in [-0.05, 0) is 12.8 Å². The van der Waals surface area contributed by atoms with Crippen LogP contribution in [0, 0.1) is 0 Å². The van der Waals surface area contributed by atoms with Gasteiger partial charge in [-0.2, -0.15) is 0 Å². The van der Waals surface area contributed by atoms with Crippen molar-refractivity contribution in [3.05, 3.63) is 0 Å². The van der Waals surface area contributed by atoms with E-state index in [4.69, 9.17) is 9.05 Å². The Morgan fingerprint density at radius 1 is 0.525 bits per heavy atom. The lowest BCUT2D eigenvalue weighted by Gasteiger charge is -2.30. The summed E-state index contributed by atoms with van der Waals surface area (Å²) >= 11 is 0. The number of phosphoric ester groups is 1. The molecule has 354 valence electrons. The summed E-state index contributed by atoms with van der Waals surface area (Å²) in [7, 11) is 1.32. The van der Waals surface area contributed by atoms with Crippen LogP contribution in [0.1, 0.15) is 264 Å². The minimum atomic E-state index is -4.56. The van der Waals surface area contributed by atoms with Gasteiger partial charge in [-0.3, -0.25) is 9.36 Å². The molecule has 2 N–H and O–H groups in total. The molecule has 0 saturated carbocycles. The van der Waals surface area contributed by atoms with Gasteiger partial charge >= 0.3 is 0 Å². The molecular formula is C50H103N2O6P. The average molecular weight is 859 g/mol. The van der Waals surface area contributed by atoms with Crippen LogP contribution in [-0.4, -0.2) is 68.5 Å². The van der Waals surface area contributed by atoms with Gasteiger partial charge in [0.1, 0.15) is 13.2 Å². The van der Waals surface area contributed by atoms with Crippen molar-refractivity contribution in [1.82, 2.24) is 5.32 Å². The first-order valence-corrected chi connectivity index (χ1v) is 27.3. The second-order valence-corrected chi connectivity index (χ2v) is 20.7. The molecule has 0 rings (SSSR count). The van der Waals surface area contributed by atoms with Crippen LogP contribution in [0.4, 0.5) is 0 Å². The number of unbranched alkanes of at least 4 members (excludes halogenated alkanes) is 35. The van der Waals surface area contributed by atoms with Gasteiger partial charge in [-0.25, -0.2) is 0 Å². The number of aliphatic hydroxyl groups excluding tert-OH is 1. The van der Waals surface area contributed by atoms with Crippen LogP contribution in [0.5, 0.6) is 0 Å². The van der Waals surface area contributed by atoms with Crippen molar-refractivity contribution in [2.75, 3.05) is 40.9 Å². The standard InChI is InChI=1S/C50H103N2O6P/c1-6-8-10-12-14-16-18-19-20-21-22-23-24-25-26-27-28-29-30-31-32-33-34-36-38-40-42-44-50(54)51-48(47-58-59(55,56)57-46-45-52(3,4)5)49(53)43-41-39-37-35-17-15-13-11-9-7-2/h48-49,53H,6-47H2,1-5H3,(H-,51,54,55,56). The number of carbonyl (C=O) groups excluding carboxylic acids is 1. The number of nitrogens with zero attached hydrogens (tertiary/aromatic N) is 1. The van der Waals surface area contributed by atoms with Gasteiger partial charge in [0.2, 0.25) is 5.91 Å². The van der Waals surface area contributed by atoms with Crippen LogP contribution >= 0.6 is 7.82 Å². The summed E-state index contributed by atoms with van der Waals surface area (Å²) in [6.07, 6.45) is 48.5. The highest BCUT2D eigenvalue weighted by molar-refractivity contribution is 7.45.